The van der Waals surface area contributed by atoms with E-state index >= 15 is 0 Å². The molecule has 0 bridgehead atoms. The third-order valence-electron chi connectivity index (χ3n) is 1.78. The molecule has 0 amide bonds. The van der Waals surface area contributed by atoms with Crippen molar-refractivity contribution < 1.29 is 9.84 Å². The number of methoxy groups -OCH3 is 1. The molecule has 1 N–H and O–H groups in total. The van der Waals surface area contributed by atoms with Gasteiger partial charge in [0.05, 0.1) is 12.7 Å². The third-order valence-corrected chi connectivity index (χ3v) is 2.76. The number of aliphatic hydroxyl groups is 1. The van der Waals surface area contributed by atoms with Crippen molar-refractivity contribution >= 4 is 11.8 Å². The lowest BCUT2D eigenvalue weighted by Gasteiger charge is -2.09. The van der Waals surface area contributed by atoms with Crippen LogP contribution in [0.4, 0.5) is 0 Å². The molecule has 0 aliphatic carbocycles. The molecular formula is C10H15NO2S. The Morgan fingerprint density at radius 3 is 3.07 bits per heavy atom. The SMILES string of the molecule is COCCSc1ncccc1[C@H](C)O. The first-order chi connectivity index (χ1) is 6.75. The molecule has 0 radical (unpaired) electrons. The Balaban J connectivity index is 2.64. The van der Waals surface area contributed by atoms with Crippen molar-refractivity contribution in [1.82, 2.24) is 4.98 Å². The summed E-state index contributed by atoms with van der Waals surface area (Å²) in [5, 5.41) is 10.4. The molecule has 1 heterocycles. The lowest BCUT2D eigenvalue weighted by atomic mass is 10.2. The molecule has 0 saturated carbocycles. The van der Waals surface area contributed by atoms with Gasteiger partial charge >= 0.3 is 0 Å². The first-order valence-electron chi connectivity index (χ1n) is 4.50. The maximum absolute atomic E-state index is 9.48. The summed E-state index contributed by atoms with van der Waals surface area (Å²) in [5.41, 5.74) is 0.883. The van der Waals surface area contributed by atoms with Crippen molar-refractivity contribution in [1.29, 1.82) is 0 Å². The van der Waals surface area contributed by atoms with Crippen molar-refractivity contribution in [2.45, 2.75) is 18.1 Å². The number of hydrogen-bond donors (Lipinski definition) is 1. The molecule has 4 heteroatoms. The van der Waals surface area contributed by atoms with Gasteiger partial charge in [0, 0.05) is 24.6 Å². The molecule has 0 aliphatic rings. The molecule has 0 spiro atoms. The van der Waals surface area contributed by atoms with E-state index in [1.165, 1.54) is 0 Å². The summed E-state index contributed by atoms with van der Waals surface area (Å²) in [6, 6.07) is 3.73. The van der Waals surface area contributed by atoms with E-state index in [4.69, 9.17) is 4.74 Å². The number of aliphatic hydroxyl groups excluding tert-OH is 1. The zero-order valence-corrected chi connectivity index (χ0v) is 9.25. The minimum Gasteiger partial charge on any atom is -0.389 e. The number of hydrogen-bond acceptors (Lipinski definition) is 4. The van der Waals surface area contributed by atoms with E-state index in [-0.39, 0.29) is 0 Å². The number of ether oxygens (including phenoxy) is 1. The predicted molar refractivity (Wildman–Crippen MR) is 57.5 cm³/mol. The highest BCUT2D eigenvalue weighted by Crippen LogP contribution is 2.24. The van der Waals surface area contributed by atoms with Crippen LogP contribution in [-0.2, 0) is 4.74 Å². The van der Waals surface area contributed by atoms with Crippen LogP contribution in [0, 0.1) is 0 Å². The van der Waals surface area contributed by atoms with Gasteiger partial charge in [-0.2, -0.15) is 0 Å². The van der Waals surface area contributed by atoms with E-state index in [2.05, 4.69) is 4.98 Å². The van der Waals surface area contributed by atoms with E-state index < -0.39 is 6.10 Å². The van der Waals surface area contributed by atoms with Crippen molar-refractivity contribution in [2.75, 3.05) is 19.5 Å². The number of pyridine rings is 1. The lowest BCUT2D eigenvalue weighted by Crippen LogP contribution is -1.98. The maximum Gasteiger partial charge on any atom is 0.102 e. The Bertz CT molecular complexity index is 279. The van der Waals surface area contributed by atoms with Crippen molar-refractivity contribution in [3.05, 3.63) is 23.9 Å². The van der Waals surface area contributed by atoms with E-state index in [0.29, 0.717) is 6.61 Å². The average Bonchev–Trinajstić information content (AvgIpc) is 2.19. The van der Waals surface area contributed by atoms with Gasteiger partial charge in [-0.05, 0) is 13.0 Å². The van der Waals surface area contributed by atoms with Crippen molar-refractivity contribution in [3.8, 4) is 0 Å². The summed E-state index contributed by atoms with van der Waals surface area (Å²) in [6.07, 6.45) is 1.27. The Hall–Kier alpha value is -0.580. The number of thioether (sulfide) groups is 1. The second-order valence-electron chi connectivity index (χ2n) is 2.92. The van der Waals surface area contributed by atoms with Gasteiger partial charge in [0.15, 0.2) is 0 Å². The van der Waals surface area contributed by atoms with Gasteiger partial charge in [-0.15, -0.1) is 11.8 Å². The molecule has 1 atom stereocenters. The second-order valence-corrected chi connectivity index (χ2v) is 4.00. The van der Waals surface area contributed by atoms with Crippen LogP contribution >= 0.6 is 11.8 Å². The molecule has 1 rings (SSSR count). The van der Waals surface area contributed by atoms with Gasteiger partial charge in [-0.25, -0.2) is 4.98 Å². The smallest absolute Gasteiger partial charge is 0.102 e. The molecule has 0 unspecified atom stereocenters. The minimum absolute atomic E-state index is 0.464. The number of nitrogens with zero attached hydrogens (tertiary/aromatic N) is 1. The highest BCUT2D eigenvalue weighted by Gasteiger charge is 2.08. The van der Waals surface area contributed by atoms with Gasteiger partial charge in [0.1, 0.15) is 5.03 Å². The van der Waals surface area contributed by atoms with E-state index in [9.17, 15) is 5.11 Å². The number of aromatic nitrogens is 1. The van der Waals surface area contributed by atoms with Crippen LogP contribution in [-0.4, -0.2) is 29.6 Å². The largest absolute Gasteiger partial charge is 0.389 e. The topological polar surface area (TPSA) is 42.4 Å². The highest BCUT2D eigenvalue weighted by atomic mass is 32.2. The quantitative estimate of drug-likeness (QED) is 0.599. The molecule has 3 nitrogen and oxygen atoms in total. The monoisotopic (exact) mass is 213 g/mol. The second kappa shape index (κ2) is 6.01. The van der Waals surface area contributed by atoms with Crippen LogP contribution in [0.15, 0.2) is 23.4 Å². The van der Waals surface area contributed by atoms with Crippen LogP contribution in [0.25, 0.3) is 0 Å². The van der Waals surface area contributed by atoms with Crippen molar-refractivity contribution in [3.63, 3.8) is 0 Å². The predicted octanol–water partition coefficient (Wildman–Crippen LogP) is 1.87. The fourth-order valence-electron chi connectivity index (χ4n) is 1.06. The highest BCUT2D eigenvalue weighted by molar-refractivity contribution is 7.99. The molecule has 0 aromatic carbocycles. The Morgan fingerprint density at radius 1 is 1.64 bits per heavy atom. The summed E-state index contributed by atoms with van der Waals surface area (Å²) in [5.74, 6) is 0.854. The van der Waals surface area contributed by atoms with Crippen LogP contribution < -0.4 is 0 Å². The van der Waals surface area contributed by atoms with Crippen molar-refractivity contribution in [2.24, 2.45) is 0 Å². The third kappa shape index (κ3) is 3.29. The maximum atomic E-state index is 9.48. The number of rotatable bonds is 5. The van der Waals surface area contributed by atoms with Gasteiger partial charge in [0.25, 0.3) is 0 Å². The molecule has 0 aliphatic heterocycles. The van der Waals surface area contributed by atoms with Gasteiger partial charge in [-0.1, -0.05) is 6.07 Å². The fraction of sp³-hybridized carbons (Fsp3) is 0.500. The van der Waals surface area contributed by atoms with Crippen LogP contribution in [0.2, 0.25) is 0 Å². The first kappa shape index (κ1) is 11.5. The zero-order valence-electron chi connectivity index (χ0n) is 8.43. The van der Waals surface area contributed by atoms with E-state index in [1.54, 1.807) is 32.0 Å². The van der Waals surface area contributed by atoms with Crippen LogP contribution in [0.5, 0.6) is 0 Å². The summed E-state index contributed by atoms with van der Waals surface area (Å²) in [4.78, 5) is 4.22. The Morgan fingerprint density at radius 2 is 2.43 bits per heavy atom. The normalized spacial score (nSPS) is 12.8. The summed E-state index contributed by atoms with van der Waals surface area (Å²) < 4.78 is 4.95. The van der Waals surface area contributed by atoms with Gasteiger partial charge in [-0.3, -0.25) is 0 Å². The molecule has 0 saturated heterocycles. The fourth-order valence-corrected chi connectivity index (χ4v) is 2.05. The van der Waals surface area contributed by atoms with Crippen LogP contribution in [0.1, 0.15) is 18.6 Å². The summed E-state index contributed by atoms with van der Waals surface area (Å²) >= 11 is 1.60. The summed E-state index contributed by atoms with van der Waals surface area (Å²) in [7, 11) is 1.68. The lowest BCUT2D eigenvalue weighted by molar-refractivity contribution is 0.195. The van der Waals surface area contributed by atoms with Gasteiger partial charge < -0.3 is 9.84 Å². The zero-order chi connectivity index (χ0) is 10.4. The molecule has 0 fully saturated rings. The Labute approximate surface area is 88.5 Å². The van der Waals surface area contributed by atoms with Crippen LogP contribution in [0.3, 0.4) is 0 Å². The van der Waals surface area contributed by atoms with E-state index in [1.807, 2.05) is 12.1 Å². The molecular weight excluding hydrogens is 198 g/mol. The van der Waals surface area contributed by atoms with Gasteiger partial charge in [0.2, 0.25) is 0 Å². The molecule has 1 aromatic heterocycles. The minimum atomic E-state index is -0.464. The first-order valence-corrected chi connectivity index (χ1v) is 5.49. The molecule has 78 valence electrons. The Kier molecular flexibility index (Phi) is 4.93. The average molecular weight is 213 g/mol. The molecule has 14 heavy (non-hydrogen) atoms. The van der Waals surface area contributed by atoms with E-state index in [0.717, 1.165) is 16.3 Å². The standard InChI is InChI=1S/C10H15NO2S/c1-8(12)9-4-3-5-11-10(9)14-7-6-13-2/h3-5,8,12H,6-7H2,1-2H3/t8-/m0/s1. The molecule has 1 aromatic rings. The summed E-state index contributed by atoms with van der Waals surface area (Å²) in [6.45, 7) is 2.44.